The van der Waals surface area contributed by atoms with E-state index in [0.717, 1.165) is 5.56 Å². The molecule has 2 N–H and O–H groups in total. The van der Waals surface area contributed by atoms with Gasteiger partial charge in [-0.15, -0.1) is 0 Å². The molecule has 0 aromatic heterocycles. The van der Waals surface area contributed by atoms with Gasteiger partial charge in [-0.3, -0.25) is 0 Å². The van der Waals surface area contributed by atoms with Crippen molar-refractivity contribution in [1.82, 2.24) is 0 Å². The number of rotatable bonds is 3. The number of hydrogen-bond acceptors (Lipinski definition) is 2. The largest absolute Gasteiger partial charge is 0.495 e. The van der Waals surface area contributed by atoms with Crippen LogP contribution in [0.5, 0.6) is 5.75 Å². The molecule has 1 rings (SSSR count). The summed E-state index contributed by atoms with van der Waals surface area (Å²) in [6.45, 7) is 0.472. The lowest BCUT2D eigenvalue weighted by Crippen LogP contribution is -1.92. The Morgan fingerprint density at radius 2 is 2.07 bits per heavy atom. The summed E-state index contributed by atoms with van der Waals surface area (Å²) in [5.41, 5.74) is 6.17. The summed E-state index contributed by atoms with van der Waals surface area (Å²) in [5, 5.41) is 1.13. The van der Waals surface area contributed by atoms with Gasteiger partial charge in [0.2, 0.25) is 0 Å². The second-order valence-corrected chi connectivity index (χ2v) is 3.46. The minimum absolute atomic E-state index is 0.472. The average molecular weight is 232 g/mol. The summed E-state index contributed by atoms with van der Waals surface area (Å²) in [7, 11) is 1.55. The molecule has 0 bridgehead atoms. The summed E-state index contributed by atoms with van der Waals surface area (Å²) < 4.78 is 5.02. The van der Waals surface area contributed by atoms with Crippen molar-refractivity contribution in [3.8, 4) is 5.75 Å². The van der Waals surface area contributed by atoms with Crippen LogP contribution in [0.4, 0.5) is 0 Å². The maximum Gasteiger partial charge on any atom is 0.138 e. The lowest BCUT2D eigenvalue weighted by atomic mass is 10.2. The van der Waals surface area contributed by atoms with Gasteiger partial charge in [0.15, 0.2) is 0 Å². The standard InChI is InChI=1S/C10H11Cl2NO/c1-14-10-6-8(11)7(3-2-4-13)5-9(10)12/h2-3,5-6H,4,13H2,1H3/b3-2+. The van der Waals surface area contributed by atoms with Gasteiger partial charge in [0.05, 0.1) is 17.2 Å². The zero-order valence-electron chi connectivity index (χ0n) is 7.76. The van der Waals surface area contributed by atoms with Crippen LogP contribution in [0.1, 0.15) is 5.56 Å². The molecule has 0 amide bonds. The smallest absolute Gasteiger partial charge is 0.138 e. The average Bonchev–Trinajstić information content (AvgIpc) is 2.18. The summed E-state index contributed by atoms with van der Waals surface area (Å²) >= 11 is 11.9. The van der Waals surface area contributed by atoms with Gasteiger partial charge in [0.25, 0.3) is 0 Å². The number of nitrogens with two attached hydrogens (primary N) is 1. The molecule has 0 fully saturated rings. The predicted molar refractivity (Wildman–Crippen MR) is 61.1 cm³/mol. The normalized spacial score (nSPS) is 10.9. The molecule has 0 unspecified atom stereocenters. The number of hydrogen-bond donors (Lipinski definition) is 1. The third kappa shape index (κ3) is 2.64. The van der Waals surface area contributed by atoms with Crippen molar-refractivity contribution in [2.75, 3.05) is 13.7 Å². The fourth-order valence-electron chi connectivity index (χ4n) is 1.02. The first-order chi connectivity index (χ1) is 6.69. The minimum atomic E-state index is 0.472. The Morgan fingerprint density at radius 1 is 1.36 bits per heavy atom. The van der Waals surface area contributed by atoms with Gasteiger partial charge in [-0.2, -0.15) is 0 Å². The first-order valence-corrected chi connectivity index (χ1v) is 4.84. The van der Waals surface area contributed by atoms with E-state index in [1.54, 1.807) is 19.2 Å². The quantitative estimate of drug-likeness (QED) is 0.869. The molecule has 0 saturated carbocycles. The number of halogens is 2. The molecule has 1 aromatic carbocycles. The van der Waals surface area contributed by atoms with Crippen molar-refractivity contribution >= 4 is 29.3 Å². The molecule has 0 aliphatic carbocycles. The number of benzene rings is 1. The van der Waals surface area contributed by atoms with Crippen LogP contribution >= 0.6 is 23.2 Å². The Kier molecular flexibility index (Phi) is 4.26. The maximum atomic E-state index is 5.99. The van der Waals surface area contributed by atoms with E-state index >= 15 is 0 Å². The van der Waals surface area contributed by atoms with Gasteiger partial charge in [-0.25, -0.2) is 0 Å². The summed E-state index contributed by atoms with van der Waals surface area (Å²) in [4.78, 5) is 0. The molecular weight excluding hydrogens is 221 g/mol. The predicted octanol–water partition coefficient (Wildman–Crippen LogP) is 2.97. The van der Waals surface area contributed by atoms with Crippen LogP contribution in [-0.2, 0) is 0 Å². The van der Waals surface area contributed by atoms with Gasteiger partial charge in [0, 0.05) is 12.6 Å². The maximum absolute atomic E-state index is 5.99. The van der Waals surface area contributed by atoms with Crippen LogP contribution in [0.25, 0.3) is 6.08 Å². The lowest BCUT2D eigenvalue weighted by Gasteiger charge is -2.05. The van der Waals surface area contributed by atoms with Crippen molar-refractivity contribution in [3.05, 3.63) is 33.8 Å². The fraction of sp³-hybridized carbons (Fsp3) is 0.200. The van der Waals surface area contributed by atoms with Gasteiger partial charge in [-0.1, -0.05) is 35.4 Å². The van der Waals surface area contributed by atoms with Crippen LogP contribution < -0.4 is 10.5 Å². The van der Waals surface area contributed by atoms with Crippen LogP contribution in [0.2, 0.25) is 10.0 Å². The minimum Gasteiger partial charge on any atom is -0.495 e. The molecule has 0 heterocycles. The van der Waals surface area contributed by atoms with Crippen molar-refractivity contribution < 1.29 is 4.74 Å². The molecule has 0 saturated heterocycles. The Bertz CT molecular complexity index is 350. The van der Waals surface area contributed by atoms with Crippen molar-refractivity contribution in [2.45, 2.75) is 0 Å². The van der Waals surface area contributed by atoms with E-state index < -0.39 is 0 Å². The highest BCUT2D eigenvalue weighted by Crippen LogP contribution is 2.31. The van der Waals surface area contributed by atoms with Crippen molar-refractivity contribution in [3.63, 3.8) is 0 Å². The zero-order chi connectivity index (χ0) is 10.6. The molecule has 0 aliphatic heterocycles. The molecule has 0 radical (unpaired) electrons. The second-order valence-electron chi connectivity index (χ2n) is 2.65. The Morgan fingerprint density at radius 3 is 2.64 bits per heavy atom. The molecule has 14 heavy (non-hydrogen) atoms. The fourth-order valence-corrected chi connectivity index (χ4v) is 1.49. The molecule has 76 valence electrons. The first-order valence-electron chi connectivity index (χ1n) is 4.08. The van der Waals surface area contributed by atoms with E-state index in [1.807, 2.05) is 12.2 Å². The Labute approximate surface area is 93.3 Å². The summed E-state index contributed by atoms with van der Waals surface area (Å²) in [5.74, 6) is 0.571. The highest BCUT2D eigenvalue weighted by Gasteiger charge is 2.04. The second kappa shape index (κ2) is 5.25. The number of ether oxygens (including phenoxy) is 1. The Hall–Kier alpha value is -0.700. The van der Waals surface area contributed by atoms with Crippen molar-refractivity contribution in [1.29, 1.82) is 0 Å². The van der Waals surface area contributed by atoms with E-state index in [9.17, 15) is 0 Å². The van der Waals surface area contributed by atoms with E-state index in [-0.39, 0.29) is 0 Å². The Balaban J connectivity index is 3.08. The van der Waals surface area contributed by atoms with Crippen LogP contribution in [0.3, 0.4) is 0 Å². The van der Waals surface area contributed by atoms with Gasteiger partial charge in [-0.05, 0) is 11.6 Å². The lowest BCUT2D eigenvalue weighted by molar-refractivity contribution is 0.415. The van der Waals surface area contributed by atoms with E-state index in [2.05, 4.69) is 0 Å². The van der Waals surface area contributed by atoms with Crippen molar-refractivity contribution in [2.24, 2.45) is 5.73 Å². The van der Waals surface area contributed by atoms with Crippen LogP contribution in [0, 0.1) is 0 Å². The molecule has 0 aliphatic rings. The zero-order valence-corrected chi connectivity index (χ0v) is 9.27. The van der Waals surface area contributed by atoms with E-state index in [4.69, 9.17) is 33.7 Å². The first kappa shape index (κ1) is 11.4. The van der Waals surface area contributed by atoms with Crippen LogP contribution in [-0.4, -0.2) is 13.7 Å². The highest BCUT2D eigenvalue weighted by atomic mass is 35.5. The molecule has 1 aromatic rings. The summed E-state index contributed by atoms with van der Waals surface area (Å²) in [6.07, 6.45) is 3.64. The van der Waals surface area contributed by atoms with E-state index in [1.165, 1.54) is 0 Å². The number of methoxy groups -OCH3 is 1. The molecular formula is C10H11Cl2NO. The summed E-state index contributed by atoms with van der Waals surface area (Å²) in [6, 6.07) is 3.43. The van der Waals surface area contributed by atoms with Gasteiger partial charge in [0.1, 0.15) is 5.75 Å². The third-order valence-electron chi connectivity index (χ3n) is 1.70. The molecule has 0 atom stereocenters. The van der Waals surface area contributed by atoms with Crippen LogP contribution in [0.15, 0.2) is 18.2 Å². The molecule has 4 heteroatoms. The topological polar surface area (TPSA) is 35.2 Å². The van der Waals surface area contributed by atoms with Gasteiger partial charge < -0.3 is 10.5 Å². The third-order valence-corrected chi connectivity index (χ3v) is 2.33. The molecule has 0 spiro atoms. The van der Waals surface area contributed by atoms with Gasteiger partial charge >= 0.3 is 0 Å². The monoisotopic (exact) mass is 231 g/mol. The molecule has 2 nitrogen and oxygen atoms in total. The highest BCUT2D eigenvalue weighted by molar-refractivity contribution is 6.35. The van der Waals surface area contributed by atoms with E-state index in [0.29, 0.717) is 22.3 Å². The SMILES string of the molecule is COc1cc(Cl)c(/C=C/CN)cc1Cl.